The van der Waals surface area contributed by atoms with Gasteiger partial charge in [-0.3, -0.25) is 9.63 Å². The lowest BCUT2D eigenvalue weighted by atomic mass is 10.3. The van der Waals surface area contributed by atoms with Crippen LogP contribution in [0.25, 0.3) is 0 Å². The van der Waals surface area contributed by atoms with Gasteiger partial charge >= 0.3 is 0 Å². The van der Waals surface area contributed by atoms with Crippen molar-refractivity contribution in [1.29, 1.82) is 0 Å². The molecule has 0 unspecified atom stereocenters. The van der Waals surface area contributed by atoms with E-state index in [1.165, 1.54) is 7.11 Å². The van der Waals surface area contributed by atoms with Crippen molar-refractivity contribution >= 4 is 17.7 Å². The summed E-state index contributed by atoms with van der Waals surface area (Å²) in [5.41, 5.74) is 2.26. The zero-order valence-electron chi connectivity index (χ0n) is 7.43. The summed E-state index contributed by atoms with van der Waals surface area (Å²) in [4.78, 5) is 15.3. The minimum Gasteiger partial charge on any atom is -0.277 e. The second-order valence-corrected chi connectivity index (χ2v) is 4.93. The average Bonchev–Trinajstić information content (AvgIpc) is 1.83. The molecule has 1 amide bonds. The predicted molar refractivity (Wildman–Crippen MR) is 47.4 cm³/mol. The highest BCUT2D eigenvalue weighted by molar-refractivity contribution is 8.01. The average molecular weight is 177 g/mol. The molecule has 0 aliphatic rings. The van der Waals surface area contributed by atoms with Crippen LogP contribution in [0, 0.1) is 0 Å². The van der Waals surface area contributed by atoms with Crippen LogP contribution in [-0.2, 0) is 9.63 Å². The second-order valence-electron chi connectivity index (χ2n) is 3.13. The van der Waals surface area contributed by atoms with Gasteiger partial charge in [-0.1, -0.05) is 20.8 Å². The smallest absolute Gasteiger partial charge is 0.253 e. The molecule has 0 rings (SSSR count). The zero-order valence-corrected chi connectivity index (χ0v) is 8.25. The Morgan fingerprint density at radius 1 is 1.55 bits per heavy atom. The third-order valence-electron chi connectivity index (χ3n) is 0.852. The van der Waals surface area contributed by atoms with Crippen molar-refractivity contribution < 1.29 is 9.63 Å². The lowest BCUT2D eigenvalue weighted by molar-refractivity contribution is -0.128. The molecule has 1 N–H and O–H groups in total. The van der Waals surface area contributed by atoms with Crippen molar-refractivity contribution in [2.45, 2.75) is 25.5 Å². The first kappa shape index (κ1) is 10.8. The molecular weight excluding hydrogens is 162 g/mol. The highest BCUT2D eigenvalue weighted by Crippen LogP contribution is 2.22. The van der Waals surface area contributed by atoms with Crippen LogP contribution in [0.1, 0.15) is 20.8 Å². The van der Waals surface area contributed by atoms with Gasteiger partial charge in [-0.2, -0.15) is 0 Å². The second kappa shape index (κ2) is 4.62. The van der Waals surface area contributed by atoms with E-state index in [4.69, 9.17) is 0 Å². The van der Waals surface area contributed by atoms with Gasteiger partial charge in [0.25, 0.3) is 5.91 Å². The van der Waals surface area contributed by atoms with Crippen LogP contribution in [0.15, 0.2) is 0 Å². The van der Waals surface area contributed by atoms with Crippen molar-refractivity contribution in [3.05, 3.63) is 0 Å². The summed E-state index contributed by atoms with van der Waals surface area (Å²) in [5, 5.41) is 0. The summed E-state index contributed by atoms with van der Waals surface area (Å²) in [7, 11) is 1.43. The first-order valence-electron chi connectivity index (χ1n) is 3.41. The fraction of sp³-hybridized carbons (Fsp3) is 0.857. The van der Waals surface area contributed by atoms with Gasteiger partial charge < -0.3 is 0 Å². The minimum atomic E-state index is -0.0903. The molecule has 0 radical (unpaired) electrons. The molecule has 0 fully saturated rings. The molecule has 4 heteroatoms. The molecule has 0 aliphatic carbocycles. The molecule has 0 bridgehead atoms. The maximum absolute atomic E-state index is 10.8. The van der Waals surface area contributed by atoms with Gasteiger partial charge in [0.05, 0.1) is 12.9 Å². The van der Waals surface area contributed by atoms with E-state index in [0.29, 0.717) is 5.75 Å². The van der Waals surface area contributed by atoms with E-state index in [9.17, 15) is 4.79 Å². The van der Waals surface area contributed by atoms with Crippen LogP contribution < -0.4 is 5.48 Å². The van der Waals surface area contributed by atoms with Crippen LogP contribution in [0.5, 0.6) is 0 Å². The van der Waals surface area contributed by atoms with Crippen molar-refractivity contribution in [1.82, 2.24) is 5.48 Å². The Balaban J connectivity index is 3.46. The van der Waals surface area contributed by atoms with E-state index in [1.54, 1.807) is 11.8 Å². The van der Waals surface area contributed by atoms with Crippen molar-refractivity contribution in [2.75, 3.05) is 12.9 Å². The van der Waals surface area contributed by atoms with Crippen molar-refractivity contribution in [2.24, 2.45) is 0 Å². The van der Waals surface area contributed by atoms with Gasteiger partial charge in [0.1, 0.15) is 0 Å². The molecule has 0 aliphatic heterocycles. The SMILES string of the molecule is CONC(=O)CSC(C)(C)C. The Kier molecular flexibility index (Phi) is 4.52. The summed E-state index contributed by atoms with van der Waals surface area (Å²) in [6.07, 6.45) is 0. The number of carbonyl (C=O) groups is 1. The van der Waals surface area contributed by atoms with Crippen molar-refractivity contribution in [3.8, 4) is 0 Å². The number of hydrogen-bond donors (Lipinski definition) is 1. The fourth-order valence-electron chi connectivity index (χ4n) is 0.425. The Labute approximate surface area is 71.8 Å². The van der Waals surface area contributed by atoms with Crippen molar-refractivity contribution in [3.63, 3.8) is 0 Å². The first-order chi connectivity index (χ1) is 4.95. The molecule has 0 aromatic rings. The molecule has 0 saturated carbocycles. The lowest BCUT2D eigenvalue weighted by Gasteiger charge is -2.16. The summed E-state index contributed by atoms with van der Waals surface area (Å²) < 4.78 is 0.130. The zero-order chi connectivity index (χ0) is 8.91. The maximum atomic E-state index is 10.8. The van der Waals surface area contributed by atoms with Gasteiger partial charge in [0.15, 0.2) is 0 Å². The fourth-order valence-corrected chi connectivity index (χ4v) is 1.05. The molecule has 0 atom stereocenters. The Morgan fingerprint density at radius 3 is 2.45 bits per heavy atom. The lowest BCUT2D eigenvalue weighted by Crippen LogP contribution is -2.25. The molecule has 0 spiro atoms. The topological polar surface area (TPSA) is 38.3 Å². The third-order valence-corrected chi connectivity index (χ3v) is 2.12. The summed E-state index contributed by atoms with van der Waals surface area (Å²) in [5.74, 6) is 0.351. The van der Waals surface area contributed by atoms with Crippen LogP contribution in [0.2, 0.25) is 0 Å². The largest absolute Gasteiger partial charge is 0.277 e. The highest BCUT2D eigenvalue weighted by atomic mass is 32.2. The number of carbonyl (C=O) groups excluding carboxylic acids is 1. The van der Waals surface area contributed by atoms with E-state index in [-0.39, 0.29) is 10.7 Å². The van der Waals surface area contributed by atoms with Gasteiger partial charge in [0, 0.05) is 4.75 Å². The Hall–Kier alpha value is -0.220. The molecule has 11 heavy (non-hydrogen) atoms. The number of hydrogen-bond acceptors (Lipinski definition) is 3. The molecule has 66 valence electrons. The predicted octanol–water partition coefficient (Wildman–Crippen LogP) is 1.20. The monoisotopic (exact) mass is 177 g/mol. The summed E-state index contributed by atoms with van der Waals surface area (Å²) >= 11 is 1.59. The van der Waals surface area contributed by atoms with E-state index in [1.807, 2.05) is 0 Å². The molecule has 0 heterocycles. The summed E-state index contributed by atoms with van der Waals surface area (Å²) in [6.45, 7) is 6.20. The molecule has 0 saturated heterocycles. The Bertz CT molecular complexity index is 131. The number of hydroxylamine groups is 1. The first-order valence-corrected chi connectivity index (χ1v) is 4.40. The maximum Gasteiger partial charge on any atom is 0.253 e. The third kappa shape index (κ3) is 7.68. The van der Waals surface area contributed by atoms with Gasteiger partial charge in [-0.15, -0.1) is 11.8 Å². The molecule has 3 nitrogen and oxygen atoms in total. The number of rotatable bonds is 3. The van der Waals surface area contributed by atoms with Gasteiger partial charge in [-0.05, 0) is 0 Å². The number of thioether (sulfide) groups is 1. The van der Waals surface area contributed by atoms with Crippen LogP contribution in [0.3, 0.4) is 0 Å². The molecule has 0 aromatic carbocycles. The van der Waals surface area contributed by atoms with Crippen LogP contribution in [-0.4, -0.2) is 23.5 Å². The number of nitrogens with one attached hydrogen (secondary N) is 1. The van der Waals surface area contributed by atoms with Gasteiger partial charge in [0.2, 0.25) is 0 Å². The van der Waals surface area contributed by atoms with Crippen LogP contribution in [0.4, 0.5) is 0 Å². The van der Waals surface area contributed by atoms with E-state index >= 15 is 0 Å². The van der Waals surface area contributed by atoms with E-state index in [2.05, 4.69) is 31.1 Å². The van der Waals surface area contributed by atoms with E-state index < -0.39 is 0 Å². The quantitative estimate of drug-likeness (QED) is 0.658. The van der Waals surface area contributed by atoms with E-state index in [0.717, 1.165) is 0 Å². The highest BCUT2D eigenvalue weighted by Gasteiger charge is 2.12. The molecule has 0 aromatic heterocycles. The standard InChI is InChI=1S/C7H15NO2S/c1-7(2,3)11-5-6(9)8-10-4/h5H2,1-4H3,(H,8,9). The normalized spacial score (nSPS) is 11.3. The molecular formula is C7H15NO2S. The number of amides is 1. The minimum absolute atomic E-state index is 0.0903. The summed E-state index contributed by atoms with van der Waals surface area (Å²) in [6, 6.07) is 0. The van der Waals surface area contributed by atoms with Crippen LogP contribution >= 0.6 is 11.8 Å². The van der Waals surface area contributed by atoms with Gasteiger partial charge in [-0.25, -0.2) is 5.48 Å². The Morgan fingerprint density at radius 2 is 2.09 bits per heavy atom.